The van der Waals surface area contributed by atoms with Gasteiger partial charge in [-0.05, 0) is 85.8 Å². The van der Waals surface area contributed by atoms with Crippen LogP contribution in [0.2, 0.25) is 0 Å². The summed E-state index contributed by atoms with van der Waals surface area (Å²) in [5.74, 6) is -0.478. The van der Waals surface area contributed by atoms with E-state index in [2.05, 4.69) is 99.2 Å². The summed E-state index contributed by atoms with van der Waals surface area (Å²) < 4.78 is 6.08. The average Bonchev–Trinajstić information content (AvgIpc) is 3.22. The molecule has 0 saturated carbocycles. The molecule has 0 radical (unpaired) electrons. The minimum atomic E-state index is -0.557. The quantitative estimate of drug-likeness (QED) is 0.357. The molecule has 208 valence electrons. The Bertz CT molecular complexity index is 1040. The normalized spacial score (nSPS) is 26.7. The number of hydrogen-bond acceptors (Lipinski definition) is 5. The Labute approximate surface area is 230 Å². The summed E-state index contributed by atoms with van der Waals surface area (Å²) in [7, 11) is 0. The summed E-state index contributed by atoms with van der Waals surface area (Å²) in [5, 5.41) is 2.22. The maximum absolute atomic E-state index is 13.9. The van der Waals surface area contributed by atoms with E-state index < -0.39 is 5.60 Å². The number of ether oxygens (including phenoxy) is 1. The summed E-state index contributed by atoms with van der Waals surface area (Å²) in [6, 6.07) is 21.1. The van der Waals surface area contributed by atoms with E-state index in [1.807, 2.05) is 26.8 Å². The van der Waals surface area contributed by atoms with E-state index in [4.69, 9.17) is 9.57 Å². The van der Waals surface area contributed by atoms with E-state index in [9.17, 15) is 4.79 Å². The van der Waals surface area contributed by atoms with Gasteiger partial charge < -0.3 is 4.74 Å². The minimum Gasteiger partial charge on any atom is -0.460 e. The van der Waals surface area contributed by atoms with Crippen molar-refractivity contribution in [3.8, 4) is 0 Å². The van der Waals surface area contributed by atoms with E-state index in [1.165, 1.54) is 12.0 Å². The number of esters is 1. The first-order chi connectivity index (χ1) is 17.8. The highest BCUT2D eigenvalue weighted by Gasteiger charge is 2.51. The highest BCUT2D eigenvalue weighted by Crippen LogP contribution is 2.47. The summed E-state index contributed by atoms with van der Waals surface area (Å²) in [4.78, 5) is 23.2. The summed E-state index contributed by atoms with van der Waals surface area (Å²) in [6.45, 7) is 18.4. The summed E-state index contributed by atoms with van der Waals surface area (Å²) in [6.07, 6.45) is 3.39. The van der Waals surface area contributed by atoms with Crippen molar-refractivity contribution in [1.29, 1.82) is 0 Å². The van der Waals surface area contributed by atoms with E-state index >= 15 is 0 Å². The molecule has 0 aliphatic carbocycles. The first kappa shape index (κ1) is 28.8. The van der Waals surface area contributed by atoms with Crippen molar-refractivity contribution in [3.05, 3.63) is 71.8 Å². The topological polar surface area (TPSA) is 42.0 Å². The van der Waals surface area contributed by atoms with Crippen molar-refractivity contribution in [1.82, 2.24) is 9.96 Å². The monoisotopic (exact) mass is 520 g/mol. The molecule has 5 heteroatoms. The van der Waals surface area contributed by atoms with Gasteiger partial charge in [0.05, 0.1) is 12.5 Å². The van der Waals surface area contributed by atoms with Crippen molar-refractivity contribution in [2.75, 3.05) is 13.2 Å². The molecule has 2 aliphatic heterocycles. The number of hydroxylamine groups is 2. The number of piperidine rings is 1. The number of hydrogen-bond donors (Lipinski definition) is 0. The maximum Gasteiger partial charge on any atom is 0.311 e. The Morgan fingerprint density at radius 2 is 1.50 bits per heavy atom. The van der Waals surface area contributed by atoms with Crippen LogP contribution < -0.4 is 0 Å². The average molecular weight is 521 g/mol. The van der Waals surface area contributed by atoms with Gasteiger partial charge in [-0.25, -0.2) is 0 Å². The number of nitrogens with zero attached hydrogens (tertiary/aromatic N) is 2. The van der Waals surface area contributed by atoms with E-state index in [-0.39, 0.29) is 41.0 Å². The van der Waals surface area contributed by atoms with Crippen LogP contribution in [0.1, 0.15) is 97.9 Å². The van der Waals surface area contributed by atoms with Crippen molar-refractivity contribution in [2.24, 2.45) is 11.8 Å². The fraction of sp³-hybridized carbons (Fsp3) is 0.606. The lowest BCUT2D eigenvalue weighted by molar-refractivity contribution is -0.287. The lowest BCUT2D eigenvalue weighted by atomic mass is 9.82. The van der Waals surface area contributed by atoms with Gasteiger partial charge in [0.25, 0.3) is 0 Å². The molecule has 2 aromatic carbocycles. The van der Waals surface area contributed by atoms with Gasteiger partial charge in [0, 0.05) is 35.6 Å². The van der Waals surface area contributed by atoms with Gasteiger partial charge in [-0.15, -0.1) is 0 Å². The molecule has 4 rings (SSSR count). The van der Waals surface area contributed by atoms with Gasteiger partial charge in [0.1, 0.15) is 5.60 Å². The first-order valence-electron chi connectivity index (χ1n) is 14.3. The molecule has 5 nitrogen and oxygen atoms in total. The van der Waals surface area contributed by atoms with Gasteiger partial charge in [0.15, 0.2) is 0 Å². The van der Waals surface area contributed by atoms with Crippen LogP contribution in [0.15, 0.2) is 60.7 Å². The highest BCUT2D eigenvalue weighted by atomic mass is 16.7. The van der Waals surface area contributed by atoms with Crippen LogP contribution in [0.4, 0.5) is 0 Å². The van der Waals surface area contributed by atoms with Crippen LogP contribution in [0.5, 0.6) is 0 Å². The summed E-state index contributed by atoms with van der Waals surface area (Å²) in [5.41, 5.74) is 1.72. The third-order valence-corrected chi connectivity index (χ3v) is 8.34. The zero-order valence-electron chi connectivity index (χ0n) is 24.7. The van der Waals surface area contributed by atoms with Gasteiger partial charge in [-0.3, -0.25) is 14.5 Å². The molecule has 0 unspecified atom stereocenters. The molecular formula is C33H48N2O3. The molecular weight excluding hydrogens is 472 g/mol. The van der Waals surface area contributed by atoms with Gasteiger partial charge in [-0.2, -0.15) is 5.06 Å². The number of likely N-dealkylation sites (tertiary alicyclic amines) is 1. The molecule has 2 heterocycles. The molecule has 2 saturated heterocycles. The Hall–Kier alpha value is -2.21. The Morgan fingerprint density at radius 3 is 2.05 bits per heavy atom. The molecule has 0 aromatic heterocycles. The lowest BCUT2D eigenvalue weighted by Gasteiger charge is -2.51. The second-order valence-electron chi connectivity index (χ2n) is 13.5. The van der Waals surface area contributed by atoms with Gasteiger partial charge >= 0.3 is 5.97 Å². The minimum absolute atomic E-state index is 0.00487. The first-order valence-corrected chi connectivity index (χ1v) is 14.3. The standard InChI is InChI=1S/C33H48N2O3/c1-24(25-16-11-9-12-17-25)34-22-27(23-37-35-32(5,6)20-15-21-33(35,7)8)28(30(36)38-31(2,3)4)29(34)26-18-13-10-14-19-26/h9-14,16-19,24,27-29H,15,20-23H2,1-8H3/t24-,27+,28+,29-/m1/s1. The SMILES string of the molecule is C[C@H](c1ccccc1)N1C[C@@H](CON2C(C)(C)CCCC2(C)C)[C@H](C(=O)OC(C)(C)C)[C@H]1c1ccccc1. The van der Waals surface area contributed by atoms with E-state index in [0.717, 1.165) is 24.9 Å². The predicted molar refractivity (Wildman–Crippen MR) is 153 cm³/mol. The molecule has 0 bridgehead atoms. The zero-order valence-corrected chi connectivity index (χ0v) is 24.7. The Balaban J connectivity index is 1.71. The lowest BCUT2D eigenvalue weighted by Crippen LogP contribution is -2.58. The largest absolute Gasteiger partial charge is 0.460 e. The molecule has 0 amide bonds. The Morgan fingerprint density at radius 1 is 0.947 bits per heavy atom. The van der Waals surface area contributed by atoms with Gasteiger partial charge in [-0.1, -0.05) is 60.7 Å². The number of carbonyl (C=O) groups is 1. The number of benzene rings is 2. The van der Waals surface area contributed by atoms with Crippen LogP contribution >= 0.6 is 0 Å². The van der Waals surface area contributed by atoms with Crippen LogP contribution in [0.25, 0.3) is 0 Å². The molecule has 2 aliphatic rings. The van der Waals surface area contributed by atoms with Crippen LogP contribution in [-0.4, -0.2) is 45.8 Å². The van der Waals surface area contributed by atoms with Crippen molar-refractivity contribution < 1.29 is 14.4 Å². The third kappa shape index (κ3) is 6.32. The van der Waals surface area contributed by atoms with Gasteiger partial charge in [0.2, 0.25) is 0 Å². The fourth-order valence-corrected chi connectivity index (χ4v) is 6.68. The van der Waals surface area contributed by atoms with Crippen LogP contribution in [-0.2, 0) is 14.4 Å². The second-order valence-corrected chi connectivity index (χ2v) is 13.5. The molecule has 0 N–H and O–H groups in total. The second kappa shape index (κ2) is 11.1. The molecule has 2 fully saturated rings. The van der Waals surface area contributed by atoms with Crippen molar-refractivity contribution in [3.63, 3.8) is 0 Å². The third-order valence-electron chi connectivity index (χ3n) is 8.34. The van der Waals surface area contributed by atoms with E-state index in [1.54, 1.807) is 0 Å². The maximum atomic E-state index is 13.9. The predicted octanol–water partition coefficient (Wildman–Crippen LogP) is 7.35. The van der Waals surface area contributed by atoms with Crippen LogP contribution in [0.3, 0.4) is 0 Å². The van der Waals surface area contributed by atoms with Crippen molar-refractivity contribution >= 4 is 5.97 Å². The van der Waals surface area contributed by atoms with Crippen molar-refractivity contribution in [2.45, 2.75) is 103 Å². The molecule has 0 spiro atoms. The molecule has 4 atom stereocenters. The van der Waals surface area contributed by atoms with Crippen LogP contribution in [0, 0.1) is 11.8 Å². The smallest absolute Gasteiger partial charge is 0.311 e. The number of carbonyl (C=O) groups excluding carboxylic acids is 1. The fourth-order valence-electron chi connectivity index (χ4n) is 6.68. The molecule has 2 aromatic rings. The Kier molecular flexibility index (Phi) is 8.42. The summed E-state index contributed by atoms with van der Waals surface area (Å²) >= 11 is 0. The molecule has 38 heavy (non-hydrogen) atoms. The van der Waals surface area contributed by atoms with E-state index in [0.29, 0.717) is 6.61 Å². The highest BCUT2D eigenvalue weighted by molar-refractivity contribution is 5.75. The number of rotatable bonds is 7. The zero-order chi connectivity index (χ0) is 27.7.